The highest BCUT2D eigenvalue weighted by Gasteiger charge is 2.01. The van der Waals surface area contributed by atoms with Crippen LogP contribution in [0, 0.1) is 13.8 Å². The Balaban J connectivity index is 1.68. The molecule has 23 heavy (non-hydrogen) atoms. The lowest BCUT2D eigenvalue weighted by molar-refractivity contribution is 1.07. The SMILES string of the molecule is Cc1ccc(Nc2cc(NCc3cccnc3)ncn2)cc1C. The van der Waals surface area contributed by atoms with Gasteiger partial charge in [-0.1, -0.05) is 12.1 Å². The van der Waals surface area contributed by atoms with E-state index in [1.54, 1.807) is 12.5 Å². The summed E-state index contributed by atoms with van der Waals surface area (Å²) in [5.41, 5.74) is 4.65. The Hall–Kier alpha value is -2.95. The molecule has 2 heterocycles. The second-order valence-corrected chi connectivity index (χ2v) is 5.43. The van der Waals surface area contributed by atoms with Crippen molar-refractivity contribution >= 4 is 17.3 Å². The summed E-state index contributed by atoms with van der Waals surface area (Å²) in [6, 6.07) is 12.1. The molecule has 1 aromatic carbocycles. The summed E-state index contributed by atoms with van der Waals surface area (Å²) in [6.07, 6.45) is 5.15. The molecule has 2 aromatic heterocycles. The molecular weight excluding hydrogens is 286 g/mol. The minimum atomic E-state index is 0.675. The second kappa shape index (κ2) is 6.87. The Labute approximate surface area is 135 Å². The standard InChI is InChI=1S/C18H19N5/c1-13-5-6-16(8-14(13)2)23-18-9-17(21-12-22-18)20-11-15-4-3-7-19-10-15/h3-10,12H,11H2,1-2H3,(H2,20,21,22,23). The molecule has 0 unspecified atom stereocenters. The maximum atomic E-state index is 4.27. The van der Waals surface area contributed by atoms with E-state index in [4.69, 9.17) is 0 Å². The Morgan fingerprint density at radius 3 is 2.61 bits per heavy atom. The number of nitrogens with zero attached hydrogens (tertiary/aromatic N) is 3. The van der Waals surface area contributed by atoms with Gasteiger partial charge < -0.3 is 10.6 Å². The first-order valence-electron chi connectivity index (χ1n) is 7.50. The topological polar surface area (TPSA) is 62.7 Å². The summed E-state index contributed by atoms with van der Waals surface area (Å²) in [5, 5.41) is 6.58. The summed E-state index contributed by atoms with van der Waals surface area (Å²) in [7, 11) is 0. The predicted molar refractivity (Wildman–Crippen MR) is 92.8 cm³/mol. The number of anilines is 3. The fourth-order valence-electron chi connectivity index (χ4n) is 2.18. The normalized spacial score (nSPS) is 10.3. The zero-order valence-corrected chi connectivity index (χ0v) is 13.2. The zero-order valence-electron chi connectivity index (χ0n) is 13.2. The lowest BCUT2D eigenvalue weighted by atomic mass is 10.1. The molecule has 0 radical (unpaired) electrons. The van der Waals surface area contributed by atoms with E-state index in [1.165, 1.54) is 11.1 Å². The van der Waals surface area contributed by atoms with Crippen LogP contribution < -0.4 is 10.6 Å². The Morgan fingerprint density at radius 2 is 1.83 bits per heavy atom. The van der Waals surface area contributed by atoms with Crippen molar-refractivity contribution in [3.63, 3.8) is 0 Å². The molecule has 2 N–H and O–H groups in total. The highest BCUT2D eigenvalue weighted by Crippen LogP contribution is 2.19. The highest BCUT2D eigenvalue weighted by atomic mass is 15.1. The van der Waals surface area contributed by atoms with E-state index < -0.39 is 0 Å². The van der Waals surface area contributed by atoms with Gasteiger partial charge in [-0.2, -0.15) is 0 Å². The van der Waals surface area contributed by atoms with E-state index in [0.29, 0.717) is 6.54 Å². The number of nitrogens with one attached hydrogen (secondary N) is 2. The first-order chi connectivity index (χ1) is 11.2. The monoisotopic (exact) mass is 305 g/mol. The third-order valence-corrected chi connectivity index (χ3v) is 3.64. The van der Waals surface area contributed by atoms with Gasteiger partial charge in [-0.3, -0.25) is 4.98 Å². The molecule has 0 saturated heterocycles. The van der Waals surface area contributed by atoms with Crippen molar-refractivity contribution in [2.75, 3.05) is 10.6 Å². The van der Waals surface area contributed by atoms with Crippen molar-refractivity contribution in [1.29, 1.82) is 0 Å². The summed E-state index contributed by atoms with van der Waals surface area (Å²) in [6.45, 7) is 4.87. The van der Waals surface area contributed by atoms with Gasteiger partial charge in [-0.15, -0.1) is 0 Å². The second-order valence-electron chi connectivity index (χ2n) is 5.43. The van der Waals surface area contributed by atoms with Crippen LogP contribution >= 0.6 is 0 Å². The van der Waals surface area contributed by atoms with E-state index >= 15 is 0 Å². The van der Waals surface area contributed by atoms with Crippen LogP contribution in [0.25, 0.3) is 0 Å². The summed E-state index contributed by atoms with van der Waals surface area (Å²) >= 11 is 0. The molecule has 116 valence electrons. The number of hydrogen-bond donors (Lipinski definition) is 2. The van der Waals surface area contributed by atoms with Crippen LogP contribution in [-0.2, 0) is 6.54 Å². The molecule has 3 rings (SSSR count). The quantitative estimate of drug-likeness (QED) is 0.750. The number of pyridine rings is 1. The number of hydrogen-bond acceptors (Lipinski definition) is 5. The van der Waals surface area contributed by atoms with Crippen LogP contribution in [0.15, 0.2) is 55.1 Å². The van der Waals surface area contributed by atoms with Crippen LogP contribution in [0.1, 0.15) is 16.7 Å². The van der Waals surface area contributed by atoms with Crippen molar-refractivity contribution in [2.24, 2.45) is 0 Å². The molecule has 0 aliphatic rings. The van der Waals surface area contributed by atoms with Crippen LogP contribution in [0.2, 0.25) is 0 Å². The first kappa shape index (κ1) is 15.0. The van der Waals surface area contributed by atoms with E-state index in [-0.39, 0.29) is 0 Å². The smallest absolute Gasteiger partial charge is 0.135 e. The molecule has 0 bridgehead atoms. The van der Waals surface area contributed by atoms with Gasteiger partial charge in [-0.05, 0) is 48.7 Å². The maximum absolute atomic E-state index is 4.27. The molecule has 5 nitrogen and oxygen atoms in total. The number of aromatic nitrogens is 3. The Morgan fingerprint density at radius 1 is 0.957 bits per heavy atom. The molecular formula is C18H19N5. The third kappa shape index (κ3) is 4.03. The highest BCUT2D eigenvalue weighted by molar-refractivity contribution is 5.60. The lowest BCUT2D eigenvalue weighted by Gasteiger charge is -2.10. The van der Waals surface area contributed by atoms with Crippen molar-refractivity contribution < 1.29 is 0 Å². The third-order valence-electron chi connectivity index (χ3n) is 3.64. The van der Waals surface area contributed by atoms with Crippen LogP contribution in [-0.4, -0.2) is 15.0 Å². The molecule has 5 heteroatoms. The molecule has 0 fully saturated rings. The predicted octanol–water partition coefficient (Wildman–Crippen LogP) is 3.84. The fraction of sp³-hybridized carbons (Fsp3) is 0.167. The molecule has 0 spiro atoms. The first-order valence-corrected chi connectivity index (χ1v) is 7.50. The van der Waals surface area contributed by atoms with Crippen LogP contribution in [0.5, 0.6) is 0 Å². The van der Waals surface area contributed by atoms with Gasteiger partial charge in [0.15, 0.2) is 0 Å². The zero-order chi connectivity index (χ0) is 16.1. The summed E-state index contributed by atoms with van der Waals surface area (Å²) in [4.78, 5) is 12.6. The van der Waals surface area contributed by atoms with Gasteiger partial charge in [0.1, 0.15) is 18.0 Å². The van der Waals surface area contributed by atoms with Gasteiger partial charge in [-0.25, -0.2) is 9.97 Å². The van der Waals surface area contributed by atoms with Gasteiger partial charge in [0.2, 0.25) is 0 Å². The summed E-state index contributed by atoms with van der Waals surface area (Å²) < 4.78 is 0. The molecule has 0 aliphatic heterocycles. The molecule has 0 atom stereocenters. The number of aryl methyl sites for hydroxylation is 2. The minimum absolute atomic E-state index is 0.675. The fourth-order valence-corrected chi connectivity index (χ4v) is 2.18. The summed E-state index contributed by atoms with van der Waals surface area (Å²) in [5.74, 6) is 1.53. The number of benzene rings is 1. The Kier molecular flexibility index (Phi) is 4.47. The van der Waals surface area contributed by atoms with Crippen LogP contribution in [0.3, 0.4) is 0 Å². The Bertz CT molecular complexity index is 786. The van der Waals surface area contributed by atoms with Crippen molar-refractivity contribution in [3.8, 4) is 0 Å². The largest absolute Gasteiger partial charge is 0.366 e. The average molecular weight is 305 g/mol. The van der Waals surface area contributed by atoms with E-state index in [0.717, 1.165) is 22.9 Å². The minimum Gasteiger partial charge on any atom is -0.366 e. The average Bonchev–Trinajstić information content (AvgIpc) is 2.58. The van der Waals surface area contributed by atoms with Crippen LogP contribution in [0.4, 0.5) is 17.3 Å². The van der Waals surface area contributed by atoms with E-state index in [9.17, 15) is 0 Å². The van der Waals surface area contributed by atoms with Gasteiger partial charge >= 0.3 is 0 Å². The van der Waals surface area contributed by atoms with Gasteiger partial charge in [0.05, 0.1) is 0 Å². The van der Waals surface area contributed by atoms with Gasteiger partial charge in [0.25, 0.3) is 0 Å². The van der Waals surface area contributed by atoms with Gasteiger partial charge in [0, 0.05) is 30.7 Å². The van der Waals surface area contributed by atoms with E-state index in [1.807, 2.05) is 30.5 Å². The van der Waals surface area contributed by atoms with Crippen molar-refractivity contribution in [1.82, 2.24) is 15.0 Å². The molecule has 0 aliphatic carbocycles. The van der Waals surface area contributed by atoms with Crippen molar-refractivity contribution in [3.05, 3.63) is 71.8 Å². The lowest BCUT2D eigenvalue weighted by Crippen LogP contribution is -2.03. The van der Waals surface area contributed by atoms with Crippen molar-refractivity contribution in [2.45, 2.75) is 20.4 Å². The molecule has 0 amide bonds. The number of rotatable bonds is 5. The molecule has 0 saturated carbocycles. The van der Waals surface area contributed by atoms with E-state index in [2.05, 4.69) is 51.6 Å². The maximum Gasteiger partial charge on any atom is 0.135 e. The molecule has 3 aromatic rings.